The molecule has 3 nitrogen and oxygen atoms in total. The maximum Gasteiger partial charge on any atom is 0.234 e. The summed E-state index contributed by atoms with van der Waals surface area (Å²) >= 11 is 0. The van der Waals surface area contributed by atoms with Crippen LogP contribution in [0.2, 0.25) is 0 Å². The predicted molar refractivity (Wildman–Crippen MR) is 72.3 cm³/mol. The molecule has 0 aliphatic rings. The molecule has 1 heterocycles. The van der Waals surface area contributed by atoms with Crippen LogP contribution < -0.4 is 5.32 Å². The molecule has 1 amide bonds. The number of benzene rings is 1. The lowest BCUT2D eigenvalue weighted by Gasteiger charge is -2.24. The Hall–Kier alpha value is -2.30. The first-order valence-corrected chi connectivity index (χ1v) is 6.08. The van der Waals surface area contributed by atoms with Gasteiger partial charge in [0.25, 0.3) is 0 Å². The van der Waals surface area contributed by atoms with E-state index in [9.17, 15) is 13.6 Å². The molecule has 0 saturated carbocycles. The van der Waals surface area contributed by atoms with Crippen LogP contribution in [0.4, 0.5) is 14.5 Å². The summed E-state index contributed by atoms with van der Waals surface area (Å²) < 4.78 is 26.4. The van der Waals surface area contributed by atoms with E-state index in [2.05, 4.69) is 10.3 Å². The molecule has 104 valence electrons. The zero-order valence-electron chi connectivity index (χ0n) is 11.2. The monoisotopic (exact) mass is 276 g/mol. The van der Waals surface area contributed by atoms with Gasteiger partial charge < -0.3 is 5.32 Å². The van der Waals surface area contributed by atoms with Crippen molar-refractivity contribution < 1.29 is 13.6 Å². The number of carbonyl (C=O) groups excluding carboxylic acids is 1. The van der Waals surface area contributed by atoms with Crippen molar-refractivity contribution in [2.24, 2.45) is 0 Å². The Morgan fingerprint density at radius 3 is 2.40 bits per heavy atom. The van der Waals surface area contributed by atoms with Crippen molar-refractivity contribution in [1.29, 1.82) is 0 Å². The van der Waals surface area contributed by atoms with Gasteiger partial charge in [-0.3, -0.25) is 9.78 Å². The number of nitrogens with zero attached hydrogens (tertiary/aromatic N) is 1. The van der Waals surface area contributed by atoms with Crippen molar-refractivity contribution in [3.63, 3.8) is 0 Å². The van der Waals surface area contributed by atoms with Crippen LogP contribution in [0.1, 0.15) is 19.4 Å². The summed E-state index contributed by atoms with van der Waals surface area (Å²) in [7, 11) is 0. The SMILES string of the molecule is CC(C)(C(=O)Nc1ccncc1F)c1ccc(F)cc1. The van der Waals surface area contributed by atoms with Gasteiger partial charge in [-0.1, -0.05) is 12.1 Å². The molecular formula is C15H14F2N2O. The van der Waals surface area contributed by atoms with Crippen LogP contribution in [0.5, 0.6) is 0 Å². The average molecular weight is 276 g/mol. The molecule has 0 unspecified atom stereocenters. The number of rotatable bonds is 3. The summed E-state index contributed by atoms with van der Waals surface area (Å²) in [6.07, 6.45) is 2.42. The predicted octanol–water partition coefficient (Wildman–Crippen LogP) is 3.28. The number of hydrogen-bond acceptors (Lipinski definition) is 2. The lowest BCUT2D eigenvalue weighted by molar-refractivity contribution is -0.120. The first-order valence-electron chi connectivity index (χ1n) is 6.08. The third kappa shape index (κ3) is 2.82. The number of nitrogens with one attached hydrogen (secondary N) is 1. The van der Waals surface area contributed by atoms with E-state index < -0.39 is 11.2 Å². The summed E-state index contributed by atoms with van der Waals surface area (Å²) in [5.74, 6) is -1.35. The van der Waals surface area contributed by atoms with Crippen LogP contribution in [-0.4, -0.2) is 10.9 Å². The van der Waals surface area contributed by atoms with Gasteiger partial charge in [0.05, 0.1) is 17.3 Å². The normalized spacial score (nSPS) is 11.2. The van der Waals surface area contributed by atoms with Crippen molar-refractivity contribution in [3.05, 3.63) is 59.9 Å². The quantitative estimate of drug-likeness (QED) is 0.934. The minimum atomic E-state index is -0.913. The summed E-state index contributed by atoms with van der Waals surface area (Å²) in [4.78, 5) is 15.9. The number of amides is 1. The van der Waals surface area contributed by atoms with E-state index in [0.29, 0.717) is 5.56 Å². The smallest absolute Gasteiger partial charge is 0.234 e. The van der Waals surface area contributed by atoms with Crippen LogP contribution in [0, 0.1) is 11.6 Å². The highest BCUT2D eigenvalue weighted by Crippen LogP contribution is 2.25. The minimum absolute atomic E-state index is 0.0696. The summed E-state index contributed by atoms with van der Waals surface area (Å²) in [5, 5.41) is 2.52. The van der Waals surface area contributed by atoms with Gasteiger partial charge in [0.15, 0.2) is 5.82 Å². The number of hydrogen-bond donors (Lipinski definition) is 1. The van der Waals surface area contributed by atoms with E-state index in [1.54, 1.807) is 13.8 Å². The largest absolute Gasteiger partial charge is 0.323 e. The van der Waals surface area contributed by atoms with Gasteiger partial charge in [-0.25, -0.2) is 8.78 Å². The van der Waals surface area contributed by atoms with Crippen LogP contribution in [0.25, 0.3) is 0 Å². The van der Waals surface area contributed by atoms with E-state index >= 15 is 0 Å². The molecule has 5 heteroatoms. The summed E-state index contributed by atoms with van der Waals surface area (Å²) in [6.45, 7) is 3.38. The number of carbonyl (C=O) groups is 1. The number of pyridine rings is 1. The van der Waals surface area contributed by atoms with Crippen molar-refractivity contribution in [2.45, 2.75) is 19.3 Å². The molecule has 1 aromatic heterocycles. The fourth-order valence-corrected chi connectivity index (χ4v) is 1.75. The number of anilines is 1. The van der Waals surface area contributed by atoms with Crippen molar-refractivity contribution in [3.8, 4) is 0 Å². The zero-order chi connectivity index (χ0) is 14.8. The maximum atomic E-state index is 13.5. The first kappa shape index (κ1) is 14.1. The van der Waals surface area contributed by atoms with Gasteiger partial charge in [0.2, 0.25) is 5.91 Å². The molecule has 0 fully saturated rings. The van der Waals surface area contributed by atoms with Crippen LogP contribution >= 0.6 is 0 Å². The molecule has 2 rings (SSSR count). The lowest BCUT2D eigenvalue weighted by atomic mass is 9.83. The van der Waals surface area contributed by atoms with Crippen LogP contribution in [-0.2, 0) is 10.2 Å². The molecule has 0 radical (unpaired) electrons. The van der Waals surface area contributed by atoms with Gasteiger partial charge in [0, 0.05) is 6.20 Å². The molecule has 0 saturated heterocycles. The Morgan fingerprint density at radius 1 is 1.15 bits per heavy atom. The molecule has 1 N–H and O–H groups in total. The summed E-state index contributed by atoms with van der Waals surface area (Å²) in [6, 6.07) is 7.04. The molecular weight excluding hydrogens is 262 g/mol. The Bertz CT molecular complexity index is 624. The Balaban J connectivity index is 2.23. The highest BCUT2D eigenvalue weighted by Gasteiger charge is 2.30. The molecule has 20 heavy (non-hydrogen) atoms. The summed E-state index contributed by atoms with van der Waals surface area (Å²) in [5.41, 5.74) is -0.199. The number of aromatic nitrogens is 1. The van der Waals surface area contributed by atoms with Crippen molar-refractivity contribution in [2.75, 3.05) is 5.32 Å². The molecule has 0 aliphatic heterocycles. The van der Waals surface area contributed by atoms with Crippen molar-refractivity contribution in [1.82, 2.24) is 4.98 Å². The van der Waals surface area contributed by atoms with Crippen LogP contribution in [0.3, 0.4) is 0 Å². The standard InChI is InChI=1S/C15H14F2N2O/c1-15(2,10-3-5-11(16)6-4-10)14(20)19-13-7-8-18-9-12(13)17/h3-9H,1-2H3,(H,18,19,20). The third-order valence-corrected chi connectivity index (χ3v) is 3.15. The van der Waals surface area contributed by atoms with Gasteiger partial charge in [-0.15, -0.1) is 0 Å². The van der Waals surface area contributed by atoms with Gasteiger partial charge >= 0.3 is 0 Å². The van der Waals surface area contributed by atoms with E-state index in [-0.39, 0.29) is 17.4 Å². The number of halogens is 2. The van der Waals surface area contributed by atoms with E-state index in [1.807, 2.05) is 0 Å². The molecule has 0 atom stereocenters. The molecule has 0 spiro atoms. The Kier molecular flexibility index (Phi) is 3.79. The highest BCUT2D eigenvalue weighted by molar-refractivity contribution is 5.98. The van der Waals surface area contributed by atoms with Gasteiger partial charge in [0.1, 0.15) is 5.82 Å². The third-order valence-electron chi connectivity index (χ3n) is 3.15. The van der Waals surface area contributed by atoms with Crippen LogP contribution in [0.15, 0.2) is 42.7 Å². The Morgan fingerprint density at radius 2 is 1.80 bits per heavy atom. The fraction of sp³-hybridized carbons (Fsp3) is 0.200. The topological polar surface area (TPSA) is 42.0 Å². The highest BCUT2D eigenvalue weighted by atomic mass is 19.1. The lowest BCUT2D eigenvalue weighted by Crippen LogP contribution is -2.35. The minimum Gasteiger partial charge on any atom is -0.323 e. The second-order valence-electron chi connectivity index (χ2n) is 4.94. The first-order chi connectivity index (χ1) is 9.41. The molecule has 0 aliphatic carbocycles. The van der Waals surface area contributed by atoms with E-state index in [4.69, 9.17) is 0 Å². The Labute approximate surface area is 115 Å². The second-order valence-corrected chi connectivity index (χ2v) is 4.94. The zero-order valence-corrected chi connectivity index (χ0v) is 11.2. The van der Waals surface area contributed by atoms with Crippen molar-refractivity contribution >= 4 is 11.6 Å². The second kappa shape index (κ2) is 5.36. The average Bonchev–Trinajstić information content (AvgIpc) is 2.41. The maximum absolute atomic E-state index is 13.5. The fourth-order valence-electron chi connectivity index (χ4n) is 1.75. The van der Waals surface area contributed by atoms with E-state index in [0.717, 1.165) is 6.20 Å². The molecule has 2 aromatic rings. The van der Waals surface area contributed by atoms with E-state index in [1.165, 1.54) is 36.5 Å². The molecule has 0 bridgehead atoms. The van der Waals surface area contributed by atoms with Gasteiger partial charge in [-0.05, 0) is 37.6 Å². The van der Waals surface area contributed by atoms with Gasteiger partial charge in [-0.2, -0.15) is 0 Å². The molecule has 1 aromatic carbocycles.